The van der Waals surface area contributed by atoms with Crippen LogP contribution in [0.4, 0.5) is 0 Å². The van der Waals surface area contributed by atoms with Gasteiger partial charge in [-0.25, -0.2) is 0 Å². The lowest BCUT2D eigenvalue weighted by Crippen LogP contribution is -2.29. The Balaban J connectivity index is 4.17. The first-order chi connectivity index (χ1) is 29.1. The molecule has 0 saturated carbocycles. The molecular formula is C54H106O5. The lowest BCUT2D eigenvalue weighted by molar-refractivity contribution is -0.155. The van der Waals surface area contributed by atoms with E-state index < -0.39 is 0 Å². The van der Waals surface area contributed by atoms with Crippen LogP contribution in [0.1, 0.15) is 310 Å². The van der Waals surface area contributed by atoms with E-state index in [4.69, 9.17) is 14.2 Å². The van der Waals surface area contributed by atoms with E-state index in [1.807, 2.05) is 0 Å². The summed E-state index contributed by atoms with van der Waals surface area (Å²) in [4.78, 5) is 25.2. The number of ether oxygens (including phenoxy) is 3. The van der Waals surface area contributed by atoms with E-state index in [9.17, 15) is 9.59 Å². The maximum absolute atomic E-state index is 12.6. The molecule has 5 heteroatoms. The molecule has 0 aromatic rings. The molecule has 5 nitrogen and oxygen atoms in total. The summed E-state index contributed by atoms with van der Waals surface area (Å²) < 4.78 is 17.5. The lowest BCUT2D eigenvalue weighted by atomic mass is 10.0. The molecule has 0 heterocycles. The first kappa shape index (κ1) is 57.9. The van der Waals surface area contributed by atoms with Crippen molar-refractivity contribution < 1.29 is 23.8 Å². The third-order valence-corrected chi connectivity index (χ3v) is 12.4. The predicted octanol–water partition coefficient (Wildman–Crippen LogP) is 18.1. The van der Waals surface area contributed by atoms with Crippen molar-refractivity contribution in [2.75, 3.05) is 19.8 Å². The van der Waals surface area contributed by atoms with Crippen molar-refractivity contribution in [3.8, 4) is 0 Å². The highest BCUT2D eigenvalue weighted by Gasteiger charge is 2.16. The van der Waals surface area contributed by atoms with E-state index >= 15 is 0 Å². The molecular weight excluding hydrogens is 729 g/mol. The molecule has 352 valence electrons. The maximum Gasteiger partial charge on any atom is 0.305 e. The summed E-state index contributed by atoms with van der Waals surface area (Å²) in [5.41, 5.74) is 0. The molecule has 0 amide bonds. The minimum Gasteiger partial charge on any atom is -0.463 e. The highest BCUT2D eigenvalue weighted by atomic mass is 16.6. The minimum absolute atomic E-state index is 0.154. The van der Waals surface area contributed by atoms with Gasteiger partial charge in [-0.1, -0.05) is 278 Å². The van der Waals surface area contributed by atoms with Gasteiger partial charge >= 0.3 is 11.9 Å². The van der Waals surface area contributed by atoms with Gasteiger partial charge in [-0.15, -0.1) is 0 Å². The van der Waals surface area contributed by atoms with Crippen molar-refractivity contribution in [3.63, 3.8) is 0 Å². The summed E-state index contributed by atoms with van der Waals surface area (Å²) in [5.74, 6) is -0.309. The topological polar surface area (TPSA) is 61.8 Å². The maximum atomic E-state index is 12.6. The van der Waals surface area contributed by atoms with Crippen LogP contribution >= 0.6 is 0 Å². The fourth-order valence-electron chi connectivity index (χ4n) is 8.31. The Morgan fingerprint density at radius 1 is 0.288 bits per heavy atom. The van der Waals surface area contributed by atoms with Crippen LogP contribution in [0.25, 0.3) is 0 Å². The average Bonchev–Trinajstić information content (AvgIpc) is 3.24. The zero-order valence-corrected chi connectivity index (χ0v) is 40.6. The van der Waals surface area contributed by atoms with E-state index in [-0.39, 0.29) is 31.3 Å². The molecule has 0 aromatic heterocycles. The van der Waals surface area contributed by atoms with Crippen LogP contribution in [0, 0.1) is 0 Å². The van der Waals surface area contributed by atoms with Gasteiger partial charge in [0.2, 0.25) is 0 Å². The summed E-state index contributed by atoms with van der Waals surface area (Å²) in [5, 5.41) is 0. The van der Waals surface area contributed by atoms with Crippen LogP contribution in [0.3, 0.4) is 0 Å². The number of esters is 2. The average molecular weight is 835 g/mol. The van der Waals surface area contributed by atoms with Crippen LogP contribution in [-0.4, -0.2) is 37.9 Å². The standard InChI is InChI=1S/C54H106O5/c1-4-7-10-13-16-19-22-25-27-29-31-34-37-40-43-46-49-57-52(50-58-53(55)47-44-41-38-35-32-24-21-18-15-12-9-6-3)51-59-54(56)48-45-42-39-36-33-30-28-26-23-20-17-14-11-8-5-2/h52H,4-51H2,1-3H3/t52-/m0/s1. The summed E-state index contributed by atoms with van der Waals surface area (Å²) in [6.45, 7) is 7.81. The number of hydrogen-bond donors (Lipinski definition) is 0. The molecule has 1 atom stereocenters. The van der Waals surface area contributed by atoms with E-state index in [1.54, 1.807) is 0 Å². The van der Waals surface area contributed by atoms with E-state index in [1.165, 1.54) is 238 Å². The SMILES string of the molecule is CCCCCCCCCCCCCCCCCCO[C@@H](COC(=O)CCCCCCCCCCCCCC)COC(=O)CCCCCCCCCCCCCCCCC. The van der Waals surface area contributed by atoms with Crippen molar-refractivity contribution in [2.24, 2.45) is 0 Å². The molecule has 0 spiro atoms. The van der Waals surface area contributed by atoms with Crippen molar-refractivity contribution in [1.82, 2.24) is 0 Å². The Labute approximate surface area is 370 Å². The summed E-state index contributed by atoms with van der Waals surface area (Å²) in [6, 6.07) is 0. The van der Waals surface area contributed by atoms with Gasteiger partial charge in [-0.2, -0.15) is 0 Å². The summed E-state index contributed by atoms with van der Waals surface area (Å²) in [6.07, 6.45) is 57.0. The molecule has 0 saturated heterocycles. The Bertz CT molecular complexity index is 815. The zero-order chi connectivity index (χ0) is 42.8. The third kappa shape index (κ3) is 49.4. The Morgan fingerprint density at radius 3 is 0.729 bits per heavy atom. The van der Waals surface area contributed by atoms with Gasteiger partial charge in [0.25, 0.3) is 0 Å². The summed E-state index contributed by atoms with van der Waals surface area (Å²) >= 11 is 0. The molecule has 0 aliphatic carbocycles. The van der Waals surface area contributed by atoms with E-state index in [2.05, 4.69) is 20.8 Å². The molecule has 0 aromatic carbocycles. The molecule has 59 heavy (non-hydrogen) atoms. The number of carbonyl (C=O) groups is 2. The van der Waals surface area contributed by atoms with E-state index in [0.29, 0.717) is 19.4 Å². The van der Waals surface area contributed by atoms with Gasteiger partial charge < -0.3 is 14.2 Å². The summed E-state index contributed by atoms with van der Waals surface area (Å²) in [7, 11) is 0. The first-order valence-corrected chi connectivity index (χ1v) is 27.1. The van der Waals surface area contributed by atoms with Gasteiger partial charge in [0.1, 0.15) is 19.3 Å². The van der Waals surface area contributed by atoms with Gasteiger partial charge in [0, 0.05) is 19.4 Å². The fraction of sp³-hybridized carbons (Fsp3) is 0.963. The second kappa shape index (κ2) is 51.3. The molecule has 0 aliphatic heterocycles. The first-order valence-electron chi connectivity index (χ1n) is 27.1. The number of hydrogen-bond acceptors (Lipinski definition) is 5. The molecule has 0 unspecified atom stereocenters. The monoisotopic (exact) mass is 835 g/mol. The van der Waals surface area contributed by atoms with Crippen LogP contribution in [0.2, 0.25) is 0 Å². The van der Waals surface area contributed by atoms with Crippen LogP contribution in [0.15, 0.2) is 0 Å². The van der Waals surface area contributed by atoms with Gasteiger partial charge in [0.15, 0.2) is 0 Å². The zero-order valence-electron chi connectivity index (χ0n) is 40.6. The van der Waals surface area contributed by atoms with Crippen LogP contribution in [-0.2, 0) is 23.8 Å². The van der Waals surface area contributed by atoms with Crippen molar-refractivity contribution >= 4 is 11.9 Å². The quantitative estimate of drug-likeness (QED) is 0.0451. The predicted molar refractivity (Wildman–Crippen MR) is 256 cm³/mol. The van der Waals surface area contributed by atoms with Crippen LogP contribution < -0.4 is 0 Å². The third-order valence-electron chi connectivity index (χ3n) is 12.4. The largest absolute Gasteiger partial charge is 0.463 e. The molecule has 0 aliphatic rings. The fourth-order valence-corrected chi connectivity index (χ4v) is 8.31. The Kier molecular flexibility index (Phi) is 50.3. The highest BCUT2D eigenvalue weighted by molar-refractivity contribution is 5.69. The smallest absolute Gasteiger partial charge is 0.305 e. The Hall–Kier alpha value is -1.10. The second-order valence-electron chi connectivity index (χ2n) is 18.5. The van der Waals surface area contributed by atoms with Gasteiger partial charge in [0.05, 0.1) is 0 Å². The normalized spacial score (nSPS) is 12.0. The second-order valence-corrected chi connectivity index (χ2v) is 18.5. The molecule has 0 rings (SSSR count). The number of unbranched alkanes of at least 4 members (excludes halogenated alkanes) is 40. The van der Waals surface area contributed by atoms with Crippen LogP contribution in [0.5, 0.6) is 0 Å². The Morgan fingerprint density at radius 2 is 0.492 bits per heavy atom. The number of rotatable bonds is 51. The van der Waals surface area contributed by atoms with Gasteiger partial charge in [-0.3, -0.25) is 9.59 Å². The molecule has 0 N–H and O–H groups in total. The van der Waals surface area contributed by atoms with E-state index in [0.717, 1.165) is 38.5 Å². The van der Waals surface area contributed by atoms with Crippen molar-refractivity contribution in [3.05, 3.63) is 0 Å². The lowest BCUT2D eigenvalue weighted by Gasteiger charge is -2.18. The van der Waals surface area contributed by atoms with Crippen molar-refractivity contribution in [2.45, 2.75) is 316 Å². The molecule has 0 fully saturated rings. The van der Waals surface area contributed by atoms with Crippen molar-refractivity contribution in [1.29, 1.82) is 0 Å². The van der Waals surface area contributed by atoms with Gasteiger partial charge in [-0.05, 0) is 19.3 Å². The molecule has 0 radical (unpaired) electrons. The molecule has 0 bridgehead atoms. The highest BCUT2D eigenvalue weighted by Crippen LogP contribution is 2.17. The minimum atomic E-state index is -0.387. The number of carbonyl (C=O) groups excluding carboxylic acids is 2.